The molecule has 0 aliphatic carbocycles. The number of hydrogen-bond donors (Lipinski definition) is 0. The van der Waals surface area contributed by atoms with Gasteiger partial charge in [-0.05, 0) is 73.1 Å². The molecule has 1 aromatic rings. The zero-order chi connectivity index (χ0) is 27.0. The maximum absolute atomic E-state index is 5.67. The Bertz CT molecular complexity index is 1200. The van der Waals surface area contributed by atoms with Crippen molar-refractivity contribution in [1.82, 2.24) is 0 Å². The van der Waals surface area contributed by atoms with E-state index >= 15 is 0 Å². The van der Waals surface area contributed by atoms with Crippen LogP contribution in [0.1, 0.15) is 57.1 Å². The van der Waals surface area contributed by atoms with Crippen molar-refractivity contribution in [2.45, 2.75) is 46.0 Å². The zero-order valence-electron chi connectivity index (χ0n) is 22.8. The van der Waals surface area contributed by atoms with E-state index in [2.05, 4.69) is 68.3 Å². The molecular weight excluding hydrogens is 452 g/mol. The third-order valence-corrected chi connectivity index (χ3v) is 6.06. The maximum Gasteiger partial charge on any atom is 0.0964 e. The van der Waals surface area contributed by atoms with E-state index in [9.17, 15) is 0 Å². The number of ether oxygens (including phenoxy) is 1. The second kappa shape index (κ2) is 16.0. The van der Waals surface area contributed by atoms with Gasteiger partial charge in [-0.2, -0.15) is 0 Å². The van der Waals surface area contributed by atoms with Gasteiger partial charge in [0.05, 0.1) is 12.9 Å². The van der Waals surface area contributed by atoms with Crippen molar-refractivity contribution < 1.29 is 4.74 Å². The SMILES string of the molecule is C#C/C=C\C=C(/[CH2])C1=N/C(=C/CC/C(=C/C(=C)c2ccc(C#CCCC)cc2)OC)C(C=NC)CC1C. The number of aliphatic imine (C=N–C) groups is 2. The molecule has 1 aromatic carbocycles. The minimum absolute atomic E-state index is 0.182. The molecule has 0 saturated heterocycles. The number of hydrogen-bond acceptors (Lipinski definition) is 3. The molecule has 1 radical (unpaired) electrons. The lowest BCUT2D eigenvalue weighted by Gasteiger charge is -2.27. The smallest absolute Gasteiger partial charge is 0.0964 e. The van der Waals surface area contributed by atoms with Crippen LogP contribution in [0, 0.1) is 42.9 Å². The van der Waals surface area contributed by atoms with Crippen LogP contribution in [0.5, 0.6) is 0 Å². The van der Waals surface area contributed by atoms with Crippen molar-refractivity contribution >= 4 is 17.5 Å². The van der Waals surface area contributed by atoms with E-state index in [1.807, 2.05) is 36.6 Å². The number of methoxy groups -OCH3 is 1. The topological polar surface area (TPSA) is 34.0 Å². The Morgan fingerprint density at radius 1 is 1.30 bits per heavy atom. The van der Waals surface area contributed by atoms with Crippen molar-refractivity contribution in [2.24, 2.45) is 21.8 Å². The average molecular weight is 492 g/mol. The van der Waals surface area contributed by atoms with E-state index in [1.54, 1.807) is 20.2 Å². The summed E-state index contributed by atoms with van der Waals surface area (Å²) in [5, 5.41) is 0. The van der Waals surface area contributed by atoms with Crippen LogP contribution in [0.3, 0.4) is 0 Å². The number of unbranched alkanes of at least 4 members (excludes halogenated alkanes) is 1. The van der Waals surface area contributed by atoms with Gasteiger partial charge in [0.2, 0.25) is 0 Å². The first kappa shape index (κ1) is 29.4. The first-order valence-electron chi connectivity index (χ1n) is 12.8. The highest BCUT2D eigenvalue weighted by Crippen LogP contribution is 2.30. The van der Waals surface area contributed by atoms with E-state index in [-0.39, 0.29) is 11.8 Å². The van der Waals surface area contributed by atoms with E-state index in [0.29, 0.717) is 0 Å². The monoisotopic (exact) mass is 491 g/mol. The fourth-order valence-corrected chi connectivity index (χ4v) is 4.08. The fraction of sp³-hybridized carbons (Fsp3) is 0.324. The number of allylic oxidation sites excluding steroid dienone is 9. The third-order valence-electron chi connectivity index (χ3n) is 6.06. The molecule has 0 aromatic heterocycles. The highest BCUT2D eigenvalue weighted by atomic mass is 16.5. The summed E-state index contributed by atoms with van der Waals surface area (Å²) in [6, 6.07) is 8.19. The normalized spacial score (nSPS) is 19.5. The lowest BCUT2D eigenvalue weighted by atomic mass is 9.84. The molecule has 0 fully saturated rings. The Balaban J connectivity index is 2.17. The molecule has 0 spiro atoms. The Kier molecular flexibility index (Phi) is 12.7. The van der Waals surface area contributed by atoms with E-state index in [4.69, 9.17) is 16.2 Å². The van der Waals surface area contributed by atoms with E-state index in [0.717, 1.165) is 71.5 Å². The molecule has 1 heterocycles. The molecule has 3 heteroatoms. The Morgan fingerprint density at radius 2 is 2.05 bits per heavy atom. The highest BCUT2D eigenvalue weighted by molar-refractivity contribution is 6.04. The molecule has 0 N–H and O–H groups in total. The second-order valence-corrected chi connectivity index (χ2v) is 9.00. The number of benzene rings is 1. The predicted octanol–water partition coefficient (Wildman–Crippen LogP) is 7.79. The summed E-state index contributed by atoms with van der Waals surface area (Å²) >= 11 is 0. The number of rotatable bonds is 10. The molecule has 2 atom stereocenters. The van der Waals surface area contributed by atoms with Crippen LogP contribution >= 0.6 is 0 Å². The molecule has 0 bridgehead atoms. The minimum atomic E-state index is 0.182. The third kappa shape index (κ3) is 9.63. The summed E-state index contributed by atoms with van der Waals surface area (Å²) in [5.41, 5.74) is 5.87. The van der Waals surface area contributed by atoms with Gasteiger partial charge >= 0.3 is 0 Å². The Labute approximate surface area is 224 Å². The van der Waals surface area contributed by atoms with Gasteiger partial charge in [0.25, 0.3) is 0 Å². The van der Waals surface area contributed by atoms with Gasteiger partial charge in [-0.15, -0.1) is 6.42 Å². The minimum Gasteiger partial charge on any atom is -0.501 e. The van der Waals surface area contributed by atoms with Gasteiger partial charge < -0.3 is 9.73 Å². The summed E-state index contributed by atoms with van der Waals surface area (Å²) in [7, 11) is 3.51. The summed E-state index contributed by atoms with van der Waals surface area (Å²) < 4.78 is 5.67. The average Bonchev–Trinajstić information content (AvgIpc) is 2.89. The van der Waals surface area contributed by atoms with Crippen LogP contribution in [0.15, 0.2) is 88.2 Å². The molecule has 2 unspecified atom stereocenters. The van der Waals surface area contributed by atoms with Crippen LogP contribution in [-0.2, 0) is 4.74 Å². The number of terminal acetylenes is 1. The van der Waals surface area contributed by atoms with Gasteiger partial charge in [-0.1, -0.05) is 68.5 Å². The van der Waals surface area contributed by atoms with Crippen molar-refractivity contribution in [2.75, 3.05) is 14.2 Å². The van der Waals surface area contributed by atoms with Crippen LogP contribution in [0.4, 0.5) is 0 Å². The van der Waals surface area contributed by atoms with Gasteiger partial charge in [0.1, 0.15) is 0 Å². The lowest BCUT2D eigenvalue weighted by molar-refractivity contribution is 0.278. The Hall–Kier alpha value is -3.82. The zero-order valence-corrected chi connectivity index (χ0v) is 22.8. The van der Waals surface area contributed by atoms with Crippen LogP contribution in [-0.4, -0.2) is 26.1 Å². The maximum atomic E-state index is 5.67. The second-order valence-electron chi connectivity index (χ2n) is 9.00. The fourth-order valence-electron chi connectivity index (χ4n) is 4.08. The van der Waals surface area contributed by atoms with Gasteiger partial charge in [-0.3, -0.25) is 4.99 Å². The van der Waals surface area contributed by atoms with Gasteiger partial charge in [0.15, 0.2) is 0 Å². The molecule has 2 rings (SSSR count). The quantitative estimate of drug-likeness (QED) is 0.142. The van der Waals surface area contributed by atoms with E-state index in [1.165, 1.54) is 0 Å². The van der Waals surface area contributed by atoms with Crippen LogP contribution in [0.2, 0.25) is 0 Å². The van der Waals surface area contributed by atoms with Gasteiger partial charge in [-0.25, -0.2) is 0 Å². The molecule has 3 nitrogen and oxygen atoms in total. The summed E-state index contributed by atoms with van der Waals surface area (Å²) in [4.78, 5) is 9.27. The van der Waals surface area contributed by atoms with Crippen molar-refractivity contribution in [1.29, 1.82) is 0 Å². The van der Waals surface area contributed by atoms with Crippen molar-refractivity contribution in [3.05, 3.63) is 96.3 Å². The van der Waals surface area contributed by atoms with E-state index < -0.39 is 0 Å². The largest absolute Gasteiger partial charge is 0.501 e. The molecule has 0 saturated carbocycles. The molecule has 191 valence electrons. The summed E-state index contributed by atoms with van der Waals surface area (Å²) in [6.07, 6.45) is 21.4. The molecule has 1 aliphatic rings. The van der Waals surface area contributed by atoms with Crippen LogP contribution < -0.4 is 0 Å². The first-order chi connectivity index (χ1) is 17.9. The molecule has 1 aliphatic heterocycles. The van der Waals surface area contributed by atoms with Crippen molar-refractivity contribution in [3.8, 4) is 24.2 Å². The highest BCUT2D eigenvalue weighted by Gasteiger charge is 2.25. The van der Waals surface area contributed by atoms with Crippen LogP contribution in [0.25, 0.3) is 5.57 Å². The summed E-state index contributed by atoms with van der Waals surface area (Å²) in [6.45, 7) is 12.8. The molecular formula is C34H39N2O. The number of nitrogens with zero attached hydrogens (tertiary/aromatic N) is 2. The summed E-state index contributed by atoms with van der Waals surface area (Å²) in [5.74, 6) is 10.2. The molecule has 0 amide bonds. The Morgan fingerprint density at radius 3 is 2.70 bits per heavy atom. The molecule has 37 heavy (non-hydrogen) atoms. The lowest BCUT2D eigenvalue weighted by Crippen LogP contribution is -2.24. The van der Waals surface area contributed by atoms with Crippen molar-refractivity contribution in [3.63, 3.8) is 0 Å². The first-order valence-corrected chi connectivity index (χ1v) is 12.8. The standard InChI is InChI=1S/C34H39N2O/c1-8-10-12-15-26(3)34-28(5)23-31(25-35-6)33(36-34)18-14-17-32(37-7)24-27(4)30-21-19-29(20-22-30)16-13-11-9-2/h1,10,12,15,18-22,24-25,28,31H,3-4,9,11,14,17,23H2,2,5-7H3/b12-10-,26-15+,32-24-,33-18+,35-25?. The predicted molar refractivity (Wildman–Crippen MR) is 160 cm³/mol. The van der Waals surface area contributed by atoms with Gasteiger partial charge in [0, 0.05) is 49.0 Å².